The molecule has 0 saturated carbocycles. The first-order chi connectivity index (χ1) is 21.3. The van der Waals surface area contributed by atoms with Crippen LogP contribution in [0.25, 0.3) is 22.3 Å². The van der Waals surface area contributed by atoms with Crippen molar-refractivity contribution >= 4 is 46.4 Å². The van der Waals surface area contributed by atoms with Gasteiger partial charge in [0.2, 0.25) is 29.5 Å². The maximum absolute atomic E-state index is 13.9. The zero-order valence-corrected chi connectivity index (χ0v) is 25.0. The van der Waals surface area contributed by atoms with Gasteiger partial charge in [-0.25, -0.2) is 0 Å². The van der Waals surface area contributed by atoms with Crippen LogP contribution in [0.15, 0.2) is 57.7 Å². The number of nitrogens with one attached hydrogen (secondary N) is 1. The predicted octanol–water partition coefficient (Wildman–Crippen LogP) is 2.88. The van der Waals surface area contributed by atoms with E-state index in [0.29, 0.717) is 11.3 Å². The summed E-state index contributed by atoms with van der Waals surface area (Å²) in [4.78, 5) is 73.5. The van der Waals surface area contributed by atoms with Crippen molar-refractivity contribution in [2.45, 2.75) is 65.3 Å². The normalized spacial score (nSPS) is 20.9. The summed E-state index contributed by atoms with van der Waals surface area (Å²) >= 11 is 0. The number of anilines is 1. The van der Waals surface area contributed by atoms with Crippen molar-refractivity contribution in [2.75, 3.05) is 11.9 Å². The van der Waals surface area contributed by atoms with E-state index in [1.54, 1.807) is 42.5 Å². The first-order valence-electron chi connectivity index (χ1n) is 13.7. The number of fused-ring (bicyclic) bond motifs is 1. The van der Waals surface area contributed by atoms with Gasteiger partial charge < -0.3 is 38.2 Å². The summed E-state index contributed by atoms with van der Waals surface area (Å²) in [5.74, 6) is -3.84. The number of rotatable bonds is 9. The van der Waals surface area contributed by atoms with Crippen LogP contribution in [0, 0.1) is 0 Å². The summed E-state index contributed by atoms with van der Waals surface area (Å²) in [5, 5.41) is 2.80. The number of ether oxygens (including phenoxy) is 6. The molecule has 3 aromatic rings. The van der Waals surface area contributed by atoms with Crippen molar-refractivity contribution in [2.24, 2.45) is 0 Å². The van der Waals surface area contributed by atoms with Crippen molar-refractivity contribution in [1.82, 2.24) is 0 Å². The highest BCUT2D eigenvalue weighted by Crippen LogP contribution is 2.36. The maximum Gasteiger partial charge on any atom is 0.303 e. The lowest BCUT2D eigenvalue weighted by Crippen LogP contribution is -2.63. The lowest BCUT2D eigenvalue weighted by Gasteiger charge is -2.43. The molecular weight excluding hydrogens is 594 g/mol. The van der Waals surface area contributed by atoms with Gasteiger partial charge in [-0.3, -0.25) is 28.8 Å². The number of amides is 1. The van der Waals surface area contributed by atoms with Gasteiger partial charge in [-0.15, -0.1) is 0 Å². The molecule has 2 aromatic carbocycles. The summed E-state index contributed by atoms with van der Waals surface area (Å²) in [6.07, 6.45) is -7.48. The standard InChI is InChI=1S/C31H31NO13/c1-15(33)32-21-12-10-20(11-13-21)26-28(25(38)22-8-6-7-9-23(22)43-26)45-31-30(42-19(5)37)29(41-18(4)36)27(40-17(3)35)24(44-31)14-39-16(2)34/h6-13,24,27,29-31H,14H2,1-5H3,(H,32,33)/t24-,27-,29+,30-,31+/m1/s1. The van der Waals surface area contributed by atoms with E-state index in [-0.39, 0.29) is 28.4 Å². The van der Waals surface area contributed by atoms with Gasteiger partial charge in [0.1, 0.15) is 18.3 Å². The molecule has 0 spiro atoms. The molecule has 1 aliphatic heterocycles. The van der Waals surface area contributed by atoms with Crippen molar-refractivity contribution < 1.29 is 56.8 Å². The molecule has 1 fully saturated rings. The largest absolute Gasteiger partial charge is 0.463 e. The maximum atomic E-state index is 13.9. The number of hydrogen-bond donors (Lipinski definition) is 1. The Labute approximate surface area is 256 Å². The van der Waals surface area contributed by atoms with Gasteiger partial charge in [0.15, 0.2) is 18.0 Å². The minimum absolute atomic E-state index is 0.0408. The quantitative estimate of drug-likeness (QED) is 0.271. The Hall–Kier alpha value is -5.24. The Morgan fingerprint density at radius 1 is 0.756 bits per heavy atom. The molecule has 5 atom stereocenters. The van der Waals surface area contributed by atoms with Crippen molar-refractivity contribution in [1.29, 1.82) is 0 Å². The molecule has 1 amide bonds. The van der Waals surface area contributed by atoms with E-state index < -0.39 is 66.6 Å². The van der Waals surface area contributed by atoms with Crippen LogP contribution >= 0.6 is 0 Å². The molecule has 1 saturated heterocycles. The molecule has 238 valence electrons. The molecule has 14 nitrogen and oxygen atoms in total. The highest BCUT2D eigenvalue weighted by Gasteiger charge is 2.53. The molecule has 2 heterocycles. The molecule has 45 heavy (non-hydrogen) atoms. The molecule has 0 unspecified atom stereocenters. The van der Waals surface area contributed by atoms with E-state index in [1.807, 2.05) is 0 Å². The average molecular weight is 626 g/mol. The second-order valence-electron chi connectivity index (χ2n) is 10.0. The van der Waals surface area contributed by atoms with Crippen LogP contribution in [0.2, 0.25) is 0 Å². The molecule has 0 aliphatic carbocycles. The topological polar surface area (TPSA) is 183 Å². The van der Waals surface area contributed by atoms with E-state index >= 15 is 0 Å². The minimum atomic E-state index is -1.67. The SMILES string of the molecule is CC(=O)Nc1ccc(-c2oc3ccccc3c(=O)c2O[C@@H]2O[C@H](COC(C)=O)[C@@H](OC(C)=O)[C@H](OC(C)=O)[C@H]2OC(C)=O)cc1. The predicted molar refractivity (Wildman–Crippen MR) is 155 cm³/mol. The lowest BCUT2D eigenvalue weighted by atomic mass is 9.98. The van der Waals surface area contributed by atoms with Crippen LogP contribution in [0.5, 0.6) is 5.75 Å². The first-order valence-corrected chi connectivity index (χ1v) is 13.7. The summed E-state index contributed by atoms with van der Waals surface area (Å²) in [6, 6.07) is 12.7. The van der Waals surface area contributed by atoms with E-state index in [0.717, 1.165) is 27.7 Å². The molecule has 1 aromatic heterocycles. The molecule has 4 rings (SSSR count). The molecule has 1 N–H and O–H groups in total. The third kappa shape index (κ3) is 8.03. The Bertz CT molecular complexity index is 1660. The monoisotopic (exact) mass is 625 g/mol. The van der Waals surface area contributed by atoms with Crippen LogP contribution in [0.1, 0.15) is 34.6 Å². The summed E-state index contributed by atoms with van der Waals surface area (Å²) in [7, 11) is 0. The first kappa shape index (κ1) is 32.7. The number of hydrogen-bond acceptors (Lipinski definition) is 13. The van der Waals surface area contributed by atoms with Crippen molar-refractivity contribution in [3.63, 3.8) is 0 Å². The average Bonchev–Trinajstić information content (AvgIpc) is 2.96. The van der Waals surface area contributed by atoms with Gasteiger partial charge >= 0.3 is 23.9 Å². The Kier molecular flexibility index (Phi) is 10.2. The molecule has 0 bridgehead atoms. The molecule has 14 heteroatoms. The Morgan fingerprint density at radius 3 is 1.96 bits per heavy atom. The van der Waals surface area contributed by atoms with Gasteiger partial charge in [-0.1, -0.05) is 12.1 Å². The zero-order valence-electron chi connectivity index (χ0n) is 25.0. The van der Waals surface area contributed by atoms with E-state index in [1.165, 1.54) is 13.0 Å². The van der Waals surface area contributed by atoms with Gasteiger partial charge in [-0.2, -0.15) is 0 Å². The second kappa shape index (κ2) is 14.0. The number of benzene rings is 2. The van der Waals surface area contributed by atoms with Gasteiger partial charge in [-0.05, 0) is 36.4 Å². The second-order valence-corrected chi connectivity index (χ2v) is 10.0. The summed E-state index contributed by atoms with van der Waals surface area (Å²) in [5.41, 5.74) is 0.465. The highest BCUT2D eigenvalue weighted by atomic mass is 16.7. The number of carbonyl (C=O) groups excluding carboxylic acids is 5. The van der Waals surface area contributed by atoms with Crippen LogP contribution in [0.4, 0.5) is 5.69 Å². The Balaban J connectivity index is 1.86. The molecule has 0 radical (unpaired) electrons. The Morgan fingerprint density at radius 2 is 1.36 bits per heavy atom. The number of esters is 4. The van der Waals surface area contributed by atoms with E-state index in [4.69, 9.17) is 32.8 Å². The van der Waals surface area contributed by atoms with E-state index in [9.17, 15) is 28.8 Å². The smallest absolute Gasteiger partial charge is 0.303 e. The number of carbonyl (C=O) groups is 5. The number of para-hydroxylation sites is 1. The van der Waals surface area contributed by atoms with Crippen molar-refractivity contribution in [3.05, 3.63) is 58.8 Å². The highest BCUT2D eigenvalue weighted by molar-refractivity contribution is 5.89. The van der Waals surface area contributed by atoms with Crippen molar-refractivity contribution in [3.8, 4) is 17.1 Å². The summed E-state index contributed by atoms with van der Waals surface area (Å²) in [6.45, 7) is 5.29. The summed E-state index contributed by atoms with van der Waals surface area (Å²) < 4.78 is 39.7. The molecule has 1 aliphatic rings. The fraction of sp³-hybridized carbons (Fsp3) is 0.355. The minimum Gasteiger partial charge on any atom is -0.463 e. The zero-order chi connectivity index (χ0) is 32.8. The fourth-order valence-corrected chi connectivity index (χ4v) is 4.73. The van der Waals surface area contributed by atoms with Crippen LogP contribution < -0.4 is 15.5 Å². The van der Waals surface area contributed by atoms with Gasteiger partial charge in [0.05, 0.1) is 5.39 Å². The van der Waals surface area contributed by atoms with Gasteiger partial charge in [0, 0.05) is 45.9 Å². The third-order valence-electron chi connectivity index (χ3n) is 6.41. The third-order valence-corrected chi connectivity index (χ3v) is 6.41. The van der Waals surface area contributed by atoms with Crippen LogP contribution in [-0.2, 0) is 47.7 Å². The van der Waals surface area contributed by atoms with Crippen LogP contribution in [0.3, 0.4) is 0 Å². The van der Waals surface area contributed by atoms with E-state index in [2.05, 4.69) is 5.32 Å². The van der Waals surface area contributed by atoms with Gasteiger partial charge in [0.25, 0.3) is 0 Å². The molecular formula is C31H31NO13. The van der Waals surface area contributed by atoms with Crippen LogP contribution in [-0.4, -0.2) is 67.1 Å². The lowest BCUT2D eigenvalue weighted by molar-refractivity contribution is -0.288. The fourth-order valence-electron chi connectivity index (χ4n) is 4.73.